The molecule has 1 unspecified atom stereocenters. The summed E-state index contributed by atoms with van der Waals surface area (Å²) in [6.07, 6.45) is 8.12. The molecule has 0 amide bonds. The van der Waals surface area contributed by atoms with E-state index in [-0.39, 0.29) is 6.04 Å². The van der Waals surface area contributed by atoms with Gasteiger partial charge in [0.15, 0.2) is 4.96 Å². The van der Waals surface area contributed by atoms with Gasteiger partial charge in [-0.25, -0.2) is 4.98 Å². The summed E-state index contributed by atoms with van der Waals surface area (Å²) in [6.45, 7) is 0. The van der Waals surface area contributed by atoms with Crippen molar-refractivity contribution in [1.82, 2.24) is 19.4 Å². The van der Waals surface area contributed by atoms with Gasteiger partial charge >= 0.3 is 0 Å². The summed E-state index contributed by atoms with van der Waals surface area (Å²) < 4.78 is 2.02. The van der Waals surface area contributed by atoms with Crippen LogP contribution in [0, 0.1) is 0 Å². The Morgan fingerprint density at radius 1 is 1.24 bits per heavy atom. The molecule has 3 aromatic heterocycles. The molecule has 0 saturated carbocycles. The number of benzene rings is 1. The molecule has 21 heavy (non-hydrogen) atoms. The maximum absolute atomic E-state index is 6.37. The predicted octanol–water partition coefficient (Wildman–Crippen LogP) is 2.58. The SMILES string of the molecule is NC(Cc1cn2ccsc2n1)c1cccc2nccnc12. The average Bonchev–Trinajstić information content (AvgIpc) is 3.07. The molecule has 5 nitrogen and oxygen atoms in total. The van der Waals surface area contributed by atoms with Crippen molar-refractivity contribution in [2.75, 3.05) is 0 Å². The first kappa shape index (κ1) is 12.4. The molecule has 0 bridgehead atoms. The van der Waals surface area contributed by atoms with Crippen LogP contribution in [-0.4, -0.2) is 19.4 Å². The van der Waals surface area contributed by atoms with Crippen LogP contribution < -0.4 is 5.73 Å². The van der Waals surface area contributed by atoms with Crippen LogP contribution >= 0.6 is 11.3 Å². The number of nitrogens with two attached hydrogens (primary N) is 1. The molecule has 0 aliphatic rings. The van der Waals surface area contributed by atoms with Crippen molar-refractivity contribution in [3.8, 4) is 0 Å². The fourth-order valence-corrected chi connectivity index (χ4v) is 3.24. The van der Waals surface area contributed by atoms with Gasteiger partial charge in [-0.1, -0.05) is 12.1 Å². The molecule has 0 aliphatic carbocycles. The first-order valence-electron chi connectivity index (χ1n) is 6.67. The van der Waals surface area contributed by atoms with Crippen LogP contribution in [0.5, 0.6) is 0 Å². The Morgan fingerprint density at radius 2 is 2.14 bits per heavy atom. The van der Waals surface area contributed by atoms with Crippen molar-refractivity contribution in [3.63, 3.8) is 0 Å². The number of imidazole rings is 1. The second kappa shape index (κ2) is 4.91. The van der Waals surface area contributed by atoms with Crippen molar-refractivity contribution in [2.45, 2.75) is 12.5 Å². The van der Waals surface area contributed by atoms with Gasteiger partial charge in [0.2, 0.25) is 0 Å². The lowest BCUT2D eigenvalue weighted by molar-refractivity contribution is 0.714. The predicted molar refractivity (Wildman–Crippen MR) is 83.2 cm³/mol. The fourth-order valence-electron chi connectivity index (χ4n) is 2.52. The Balaban J connectivity index is 1.69. The minimum absolute atomic E-state index is 0.144. The van der Waals surface area contributed by atoms with Crippen molar-refractivity contribution in [2.24, 2.45) is 5.73 Å². The number of hydrogen-bond acceptors (Lipinski definition) is 5. The fraction of sp³-hybridized carbons (Fsp3) is 0.133. The lowest BCUT2D eigenvalue weighted by Crippen LogP contribution is -2.14. The molecule has 1 atom stereocenters. The van der Waals surface area contributed by atoms with Gasteiger partial charge in [-0.15, -0.1) is 11.3 Å². The first-order valence-corrected chi connectivity index (χ1v) is 7.55. The Morgan fingerprint density at radius 3 is 3.05 bits per heavy atom. The number of fused-ring (bicyclic) bond motifs is 2. The molecule has 0 radical (unpaired) electrons. The summed E-state index contributed by atoms with van der Waals surface area (Å²) in [7, 11) is 0. The maximum atomic E-state index is 6.37. The number of aromatic nitrogens is 4. The number of rotatable bonds is 3. The molecule has 0 spiro atoms. The minimum atomic E-state index is -0.144. The Kier molecular flexibility index (Phi) is 2.90. The normalized spacial score (nSPS) is 13.0. The van der Waals surface area contributed by atoms with Gasteiger partial charge in [0.25, 0.3) is 0 Å². The molecular weight excluding hydrogens is 282 g/mol. The third-order valence-corrected chi connectivity index (χ3v) is 4.27. The highest BCUT2D eigenvalue weighted by Gasteiger charge is 2.14. The number of para-hydroxylation sites is 1. The Bertz CT molecular complexity index is 877. The van der Waals surface area contributed by atoms with E-state index in [4.69, 9.17) is 5.73 Å². The lowest BCUT2D eigenvalue weighted by atomic mass is 10.0. The van der Waals surface area contributed by atoms with Crippen molar-refractivity contribution >= 4 is 27.3 Å². The van der Waals surface area contributed by atoms with Crippen LogP contribution in [0.1, 0.15) is 17.3 Å². The second-order valence-corrected chi connectivity index (χ2v) is 5.78. The number of thiazole rings is 1. The zero-order chi connectivity index (χ0) is 14.2. The maximum Gasteiger partial charge on any atom is 0.193 e. The monoisotopic (exact) mass is 295 g/mol. The standard InChI is InChI=1S/C15H13N5S/c16-12(8-10-9-20-6-7-21-15(20)19-10)11-2-1-3-13-14(11)18-5-4-17-13/h1-7,9,12H,8,16H2. The molecule has 0 fully saturated rings. The molecule has 0 aliphatic heterocycles. The van der Waals surface area contributed by atoms with E-state index in [9.17, 15) is 0 Å². The smallest absolute Gasteiger partial charge is 0.193 e. The molecule has 4 rings (SSSR count). The van der Waals surface area contributed by atoms with Crippen LogP contribution in [0.4, 0.5) is 0 Å². The van der Waals surface area contributed by atoms with Crippen LogP contribution in [-0.2, 0) is 6.42 Å². The third kappa shape index (κ3) is 2.18. The van der Waals surface area contributed by atoms with Crippen LogP contribution in [0.25, 0.3) is 16.0 Å². The summed E-state index contributed by atoms with van der Waals surface area (Å²) in [5.41, 5.74) is 10.1. The molecular formula is C15H13N5S. The van der Waals surface area contributed by atoms with Gasteiger partial charge in [0, 0.05) is 42.6 Å². The summed E-state index contributed by atoms with van der Waals surface area (Å²) in [5.74, 6) is 0. The van der Waals surface area contributed by atoms with E-state index in [1.165, 1.54) is 0 Å². The number of nitrogens with zero attached hydrogens (tertiary/aromatic N) is 4. The van der Waals surface area contributed by atoms with Crippen LogP contribution in [0.3, 0.4) is 0 Å². The summed E-state index contributed by atoms with van der Waals surface area (Å²) in [4.78, 5) is 14.3. The molecule has 3 heterocycles. The second-order valence-electron chi connectivity index (χ2n) is 4.91. The van der Waals surface area contributed by atoms with Crippen LogP contribution in [0.2, 0.25) is 0 Å². The van der Waals surface area contributed by atoms with E-state index in [0.29, 0.717) is 6.42 Å². The van der Waals surface area contributed by atoms with E-state index < -0.39 is 0 Å². The van der Waals surface area contributed by atoms with E-state index in [1.807, 2.05) is 40.4 Å². The highest BCUT2D eigenvalue weighted by molar-refractivity contribution is 7.15. The van der Waals surface area contributed by atoms with Gasteiger partial charge in [-0.05, 0) is 11.6 Å². The molecule has 104 valence electrons. The topological polar surface area (TPSA) is 69.1 Å². The van der Waals surface area contributed by atoms with E-state index in [1.54, 1.807) is 23.7 Å². The van der Waals surface area contributed by atoms with Crippen molar-refractivity contribution < 1.29 is 0 Å². The quantitative estimate of drug-likeness (QED) is 0.630. The summed E-state index contributed by atoms with van der Waals surface area (Å²) in [5, 5.41) is 2.02. The zero-order valence-electron chi connectivity index (χ0n) is 11.2. The number of hydrogen-bond donors (Lipinski definition) is 1. The minimum Gasteiger partial charge on any atom is -0.324 e. The van der Waals surface area contributed by atoms with Gasteiger partial charge in [-0.2, -0.15) is 0 Å². The largest absolute Gasteiger partial charge is 0.324 e. The zero-order valence-corrected chi connectivity index (χ0v) is 12.0. The Labute approximate surface area is 125 Å². The van der Waals surface area contributed by atoms with E-state index in [2.05, 4.69) is 15.0 Å². The van der Waals surface area contributed by atoms with Gasteiger partial charge in [0.1, 0.15) is 0 Å². The highest BCUT2D eigenvalue weighted by Crippen LogP contribution is 2.23. The third-order valence-electron chi connectivity index (χ3n) is 3.50. The van der Waals surface area contributed by atoms with E-state index in [0.717, 1.165) is 27.3 Å². The molecule has 2 N–H and O–H groups in total. The van der Waals surface area contributed by atoms with Crippen molar-refractivity contribution in [3.05, 3.63) is 59.6 Å². The van der Waals surface area contributed by atoms with E-state index >= 15 is 0 Å². The highest BCUT2D eigenvalue weighted by atomic mass is 32.1. The molecule has 0 saturated heterocycles. The van der Waals surface area contributed by atoms with Gasteiger partial charge in [0.05, 0.1) is 16.7 Å². The average molecular weight is 295 g/mol. The molecule has 4 aromatic rings. The summed E-state index contributed by atoms with van der Waals surface area (Å²) in [6, 6.07) is 5.79. The molecule has 6 heteroatoms. The van der Waals surface area contributed by atoms with Gasteiger partial charge < -0.3 is 5.73 Å². The molecule has 1 aromatic carbocycles. The first-order chi connectivity index (χ1) is 10.3. The lowest BCUT2D eigenvalue weighted by Gasteiger charge is -2.12. The van der Waals surface area contributed by atoms with Crippen LogP contribution in [0.15, 0.2) is 48.4 Å². The van der Waals surface area contributed by atoms with Crippen molar-refractivity contribution in [1.29, 1.82) is 0 Å². The summed E-state index contributed by atoms with van der Waals surface area (Å²) >= 11 is 1.62. The van der Waals surface area contributed by atoms with Gasteiger partial charge in [-0.3, -0.25) is 14.4 Å². The Hall–Kier alpha value is -2.31.